The predicted molar refractivity (Wildman–Crippen MR) is 184 cm³/mol. The normalized spacial score (nSPS) is 11.3. The zero-order valence-corrected chi connectivity index (χ0v) is 29.1. The second-order valence-corrected chi connectivity index (χ2v) is 13.1. The summed E-state index contributed by atoms with van der Waals surface area (Å²) in [6.45, 7) is 8.83. The average molecular weight is 597 g/mol. The van der Waals surface area contributed by atoms with E-state index >= 15 is 0 Å². The van der Waals surface area contributed by atoms with Crippen molar-refractivity contribution in [3.8, 4) is 0 Å². The summed E-state index contributed by atoms with van der Waals surface area (Å²) in [6.07, 6.45) is 37.4. The number of carboxylic acid groups (broad SMARTS) is 2. The van der Waals surface area contributed by atoms with Crippen molar-refractivity contribution in [2.45, 2.75) is 227 Å². The Balaban J connectivity index is 0. The number of unbranched alkanes of at least 4 members (excludes halogenated alkanes) is 23. The molecule has 0 rings (SSSR count). The lowest BCUT2D eigenvalue weighted by atomic mass is 9.74. The van der Waals surface area contributed by atoms with Crippen molar-refractivity contribution in [2.75, 3.05) is 0 Å². The van der Waals surface area contributed by atoms with Gasteiger partial charge in [-0.3, -0.25) is 9.59 Å². The molecule has 2 N–H and O–H groups in total. The Labute approximate surface area is 263 Å². The fourth-order valence-corrected chi connectivity index (χ4v) is 5.97. The van der Waals surface area contributed by atoms with Gasteiger partial charge in [0.15, 0.2) is 0 Å². The number of hydrogen-bond acceptors (Lipinski definition) is 2. The van der Waals surface area contributed by atoms with Crippen LogP contribution in [0, 0.1) is 5.41 Å². The van der Waals surface area contributed by atoms with Gasteiger partial charge in [-0.15, -0.1) is 0 Å². The van der Waals surface area contributed by atoms with Gasteiger partial charge in [-0.05, 0) is 25.7 Å². The number of aliphatic carboxylic acids is 2. The summed E-state index contributed by atoms with van der Waals surface area (Å²) < 4.78 is 0. The maximum Gasteiger partial charge on any atom is 0.309 e. The highest BCUT2D eigenvalue weighted by Crippen LogP contribution is 2.37. The van der Waals surface area contributed by atoms with Crippen molar-refractivity contribution < 1.29 is 19.8 Å². The van der Waals surface area contributed by atoms with Crippen LogP contribution in [0.1, 0.15) is 227 Å². The summed E-state index contributed by atoms with van der Waals surface area (Å²) in [5.41, 5.74) is -0.436. The third-order valence-corrected chi connectivity index (χ3v) is 8.97. The lowest BCUT2D eigenvalue weighted by Gasteiger charge is -2.29. The molecule has 4 nitrogen and oxygen atoms in total. The molecule has 0 fully saturated rings. The second-order valence-electron chi connectivity index (χ2n) is 13.1. The van der Waals surface area contributed by atoms with Crippen LogP contribution in [-0.2, 0) is 9.59 Å². The largest absolute Gasteiger partial charge is 0.481 e. The van der Waals surface area contributed by atoms with Gasteiger partial charge < -0.3 is 10.2 Å². The minimum Gasteiger partial charge on any atom is -0.481 e. The molecule has 0 radical (unpaired) electrons. The molecule has 4 heteroatoms. The zero-order chi connectivity index (χ0) is 31.6. The van der Waals surface area contributed by atoms with E-state index < -0.39 is 17.4 Å². The quantitative estimate of drug-likeness (QED) is 0.0757. The molecule has 0 amide bonds. The minimum absolute atomic E-state index is 0.345. The number of rotatable bonds is 32. The lowest BCUT2D eigenvalue weighted by molar-refractivity contribution is -0.150. The van der Waals surface area contributed by atoms with E-state index in [9.17, 15) is 14.7 Å². The van der Waals surface area contributed by atoms with Crippen LogP contribution in [0.5, 0.6) is 0 Å². The topological polar surface area (TPSA) is 74.6 Å². The van der Waals surface area contributed by atoms with Gasteiger partial charge in [0.05, 0.1) is 5.41 Å². The molecule has 0 aliphatic carbocycles. The summed E-state index contributed by atoms with van der Waals surface area (Å²) in [5, 5.41) is 18.3. The lowest BCUT2D eigenvalue weighted by Crippen LogP contribution is -2.31. The smallest absolute Gasteiger partial charge is 0.309 e. The summed E-state index contributed by atoms with van der Waals surface area (Å²) in [4.78, 5) is 22.2. The van der Waals surface area contributed by atoms with Crippen LogP contribution < -0.4 is 0 Å². The summed E-state index contributed by atoms with van der Waals surface area (Å²) in [7, 11) is 0. The van der Waals surface area contributed by atoms with Crippen molar-refractivity contribution in [1.82, 2.24) is 0 Å². The van der Waals surface area contributed by atoms with E-state index in [1.54, 1.807) is 0 Å². The third-order valence-electron chi connectivity index (χ3n) is 8.97. The highest BCUT2D eigenvalue weighted by atomic mass is 16.4. The van der Waals surface area contributed by atoms with Crippen molar-refractivity contribution in [3.05, 3.63) is 0 Å². The molecule has 0 saturated carbocycles. The molecule has 0 aliphatic rings. The summed E-state index contributed by atoms with van der Waals surface area (Å²) in [5.74, 6) is -1.20. The van der Waals surface area contributed by atoms with E-state index in [0.29, 0.717) is 6.42 Å². The van der Waals surface area contributed by atoms with Crippen LogP contribution in [0.3, 0.4) is 0 Å². The van der Waals surface area contributed by atoms with Crippen LogP contribution >= 0.6 is 0 Å². The highest BCUT2D eigenvalue weighted by molar-refractivity contribution is 5.74. The van der Waals surface area contributed by atoms with Crippen molar-refractivity contribution in [3.63, 3.8) is 0 Å². The van der Waals surface area contributed by atoms with Crippen molar-refractivity contribution in [2.24, 2.45) is 5.41 Å². The van der Waals surface area contributed by atoms with E-state index in [-0.39, 0.29) is 0 Å². The predicted octanol–water partition coefficient (Wildman–Crippen LogP) is 13.3. The zero-order valence-electron chi connectivity index (χ0n) is 29.1. The highest BCUT2D eigenvalue weighted by Gasteiger charge is 2.36. The summed E-state index contributed by atoms with van der Waals surface area (Å²) >= 11 is 0. The molecular formula is C38H76O4. The van der Waals surface area contributed by atoms with Gasteiger partial charge in [0, 0.05) is 6.42 Å². The first kappa shape index (κ1) is 43.1. The number of hydrogen-bond donors (Lipinski definition) is 2. The van der Waals surface area contributed by atoms with Crippen LogP contribution in [0.2, 0.25) is 0 Å². The Morgan fingerprint density at radius 1 is 0.381 bits per heavy atom. The maximum absolute atomic E-state index is 11.9. The first-order chi connectivity index (χ1) is 20.4. The Morgan fingerprint density at radius 2 is 0.643 bits per heavy atom. The molecule has 0 aromatic rings. The molecule has 0 bridgehead atoms. The van der Waals surface area contributed by atoms with E-state index in [2.05, 4.69) is 27.7 Å². The van der Waals surface area contributed by atoms with E-state index in [0.717, 1.165) is 64.2 Å². The molecule has 0 saturated heterocycles. The molecular weight excluding hydrogens is 520 g/mol. The molecule has 252 valence electrons. The standard InChI is InChI=1S/C20H40O2.C18H36O2/c1-4-7-10-11-12-13-14-15-18-20(19(21)22,16-8-5-2)17-9-6-3;1-2-3-4-5-6-7-8-9-10-11-12-13-14-15-16-17-18(19)20/h4-18H2,1-3H3,(H,21,22);2-17H2,1H3,(H,19,20). The number of carbonyl (C=O) groups is 2. The van der Waals surface area contributed by atoms with Crippen LogP contribution in [0.4, 0.5) is 0 Å². The Morgan fingerprint density at radius 3 is 0.929 bits per heavy atom. The van der Waals surface area contributed by atoms with Gasteiger partial charge in [-0.1, -0.05) is 195 Å². The SMILES string of the molecule is CCCCCCCCCCC(CCCC)(CCCC)C(=O)O.CCCCCCCCCCCCCCCCCC(=O)O. The second kappa shape index (κ2) is 34.4. The van der Waals surface area contributed by atoms with Crippen LogP contribution in [0.25, 0.3) is 0 Å². The van der Waals surface area contributed by atoms with E-state index in [1.165, 1.54) is 128 Å². The first-order valence-corrected chi connectivity index (χ1v) is 18.8. The molecule has 0 spiro atoms. The van der Waals surface area contributed by atoms with E-state index in [4.69, 9.17) is 5.11 Å². The average Bonchev–Trinajstić information content (AvgIpc) is 2.97. The van der Waals surface area contributed by atoms with E-state index in [1.807, 2.05) is 0 Å². The fraction of sp³-hybridized carbons (Fsp3) is 0.947. The van der Waals surface area contributed by atoms with Crippen LogP contribution in [-0.4, -0.2) is 22.2 Å². The van der Waals surface area contributed by atoms with Crippen LogP contribution in [0.15, 0.2) is 0 Å². The van der Waals surface area contributed by atoms with Crippen molar-refractivity contribution >= 4 is 11.9 Å². The minimum atomic E-state index is -0.653. The van der Waals surface area contributed by atoms with Gasteiger partial charge in [-0.2, -0.15) is 0 Å². The Kier molecular flexibility index (Phi) is 35.3. The molecule has 42 heavy (non-hydrogen) atoms. The maximum atomic E-state index is 11.9. The monoisotopic (exact) mass is 597 g/mol. The van der Waals surface area contributed by atoms with Crippen molar-refractivity contribution in [1.29, 1.82) is 0 Å². The molecule has 0 aromatic carbocycles. The molecule has 0 heterocycles. The van der Waals surface area contributed by atoms with Gasteiger partial charge >= 0.3 is 11.9 Å². The number of carboxylic acids is 2. The molecule has 0 unspecified atom stereocenters. The van der Waals surface area contributed by atoms with Gasteiger partial charge in [0.2, 0.25) is 0 Å². The van der Waals surface area contributed by atoms with Gasteiger partial charge in [0.25, 0.3) is 0 Å². The molecule has 0 aliphatic heterocycles. The first-order valence-electron chi connectivity index (χ1n) is 18.8. The molecule has 0 atom stereocenters. The Hall–Kier alpha value is -1.06. The molecule has 0 aromatic heterocycles. The Bertz CT molecular complexity index is 551. The third kappa shape index (κ3) is 30.4. The van der Waals surface area contributed by atoms with Gasteiger partial charge in [0.1, 0.15) is 0 Å². The fourth-order valence-electron chi connectivity index (χ4n) is 5.97. The van der Waals surface area contributed by atoms with Gasteiger partial charge in [-0.25, -0.2) is 0 Å². The summed E-state index contributed by atoms with van der Waals surface area (Å²) in [6, 6.07) is 0.